The molecule has 25 heavy (non-hydrogen) atoms. The van der Waals surface area contributed by atoms with Gasteiger partial charge in [-0.1, -0.05) is 36.4 Å². The van der Waals surface area contributed by atoms with Gasteiger partial charge in [-0.2, -0.15) is 5.26 Å². The van der Waals surface area contributed by atoms with Crippen molar-refractivity contribution < 1.29 is 14.3 Å². The summed E-state index contributed by atoms with van der Waals surface area (Å²) in [6.07, 6.45) is 0. The minimum absolute atomic E-state index is 0.416. The van der Waals surface area contributed by atoms with E-state index >= 15 is 0 Å². The van der Waals surface area contributed by atoms with Crippen molar-refractivity contribution in [3.05, 3.63) is 65.7 Å². The number of methoxy groups -OCH3 is 1. The number of rotatable bonds is 5. The molecule has 0 saturated heterocycles. The van der Waals surface area contributed by atoms with Crippen LogP contribution < -0.4 is 10.6 Å². The Bertz CT molecular complexity index is 784. The lowest BCUT2D eigenvalue weighted by molar-refractivity contribution is -0.145. The average molecular weight is 337 g/mol. The van der Waals surface area contributed by atoms with Gasteiger partial charge in [0.25, 0.3) is 0 Å². The van der Waals surface area contributed by atoms with E-state index in [0.29, 0.717) is 11.3 Å². The summed E-state index contributed by atoms with van der Waals surface area (Å²) in [5.74, 6) is -0.982. The first-order valence-corrected chi connectivity index (χ1v) is 7.75. The van der Waals surface area contributed by atoms with E-state index in [1.165, 1.54) is 7.11 Å². The van der Waals surface area contributed by atoms with Crippen molar-refractivity contribution in [2.75, 3.05) is 12.4 Å². The molecule has 128 valence electrons. The molecule has 2 aromatic carbocycles. The molecule has 2 aromatic rings. The van der Waals surface area contributed by atoms with Crippen molar-refractivity contribution in [3.63, 3.8) is 0 Å². The fourth-order valence-corrected chi connectivity index (χ4v) is 2.45. The molecule has 0 radical (unpaired) electrons. The van der Waals surface area contributed by atoms with Crippen molar-refractivity contribution in [2.24, 2.45) is 5.92 Å². The van der Waals surface area contributed by atoms with E-state index < -0.39 is 24.0 Å². The van der Waals surface area contributed by atoms with Crippen LogP contribution in [0.25, 0.3) is 0 Å². The average Bonchev–Trinajstić information content (AvgIpc) is 2.65. The Hall–Kier alpha value is -3.33. The predicted molar refractivity (Wildman–Crippen MR) is 93.7 cm³/mol. The molecular formula is C19H19N3O3. The number of carbonyl (C=O) groups is 2. The van der Waals surface area contributed by atoms with Crippen LogP contribution in [0.15, 0.2) is 54.6 Å². The number of benzene rings is 2. The quantitative estimate of drug-likeness (QED) is 0.820. The Morgan fingerprint density at radius 1 is 1.12 bits per heavy atom. The summed E-state index contributed by atoms with van der Waals surface area (Å²) in [6, 6.07) is 16.8. The maximum absolute atomic E-state index is 12.4. The number of esters is 1. The first-order chi connectivity index (χ1) is 12.0. The topological polar surface area (TPSA) is 91.2 Å². The second kappa shape index (κ2) is 8.50. The van der Waals surface area contributed by atoms with Crippen molar-refractivity contribution in [1.82, 2.24) is 5.32 Å². The van der Waals surface area contributed by atoms with E-state index in [0.717, 1.165) is 5.56 Å². The van der Waals surface area contributed by atoms with Crippen molar-refractivity contribution in [3.8, 4) is 6.07 Å². The van der Waals surface area contributed by atoms with E-state index in [2.05, 4.69) is 10.6 Å². The number of nitrogens with one attached hydrogen (secondary N) is 2. The molecule has 0 heterocycles. The normalized spacial score (nSPS) is 12.4. The van der Waals surface area contributed by atoms with Gasteiger partial charge in [0.1, 0.15) is 0 Å². The highest BCUT2D eigenvalue weighted by molar-refractivity contribution is 5.90. The summed E-state index contributed by atoms with van der Waals surface area (Å²) in [6.45, 7) is 1.69. The minimum atomic E-state index is -0.566. The van der Waals surface area contributed by atoms with Crippen LogP contribution in [0.3, 0.4) is 0 Å². The number of ether oxygens (including phenoxy) is 1. The Kier molecular flexibility index (Phi) is 6.13. The van der Waals surface area contributed by atoms with Crippen LogP contribution in [0, 0.1) is 17.2 Å². The monoisotopic (exact) mass is 337 g/mol. The van der Waals surface area contributed by atoms with Gasteiger partial charge in [-0.05, 0) is 30.7 Å². The number of hydrogen-bond donors (Lipinski definition) is 2. The third kappa shape index (κ3) is 4.82. The molecule has 6 heteroatoms. The van der Waals surface area contributed by atoms with Crippen LogP contribution in [0.5, 0.6) is 0 Å². The second-order valence-electron chi connectivity index (χ2n) is 5.49. The molecule has 0 aliphatic rings. The number of amides is 2. The number of carbonyl (C=O) groups excluding carboxylic acids is 2. The molecule has 0 aromatic heterocycles. The zero-order valence-corrected chi connectivity index (χ0v) is 14.0. The second-order valence-corrected chi connectivity index (χ2v) is 5.49. The Labute approximate surface area is 146 Å². The lowest BCUT2D eigenvalue weighted by atomic mass is 9.94. The summed E-state index contributed by atoms with van der Waals surface area (Å²) in [5, 5.41) is 14.4. The van der Waals surface area contributed by atoms with E-state index in [4.69, 9.17) is 10.00 Å². The van der Waals surface area contributed by atoms with Gasteiger partial charge in [0, 0.05) is 5.69 Å². The number of hydrogen-bond acceptors (Lipinski definition) is 4. The summed E-state index contributed by atoms with van der Waals surface area (Å²) in [4.78, 5) is 24.3. The van der Waals surface area contributed by atoms with Gasteiger partial charge in [0.05, 0.1) is 30.7 Å². The van der Waals surface area contributed by atoms with Gasteiger partial charge >= 0.3 is 12.0 Å². The highest BCUT2D eigenvalue weighted by atomic mass is 16.5. The van der Waals surface area contributed by atoms with Crippen molar-refractivity contribution >= 4 is 17.7 Å². The summed E-state index contributed by atoms with van der Waals surface area (Å²) in [5.41, 5.74) is 1.73. The summed E-state index contributed by atoms with van der Waals surface area (Å²) in [7, 11) is 1.31. The highest BCUT2D eigenvalue weighted by Gasteiger charge is 2.27. The molecule has 6 nitrogen and oxygen atoms in total. The maximum atomic E-state index is 12.4. The minimum Gasteiger partial charge on any atom is -0.469 e. The standard InChI is InChI=1S/C19H19N3O3/c1-13(18(23)25-2)17(15-8-4-3-5-9-15)22-19(24)21-16-10-6-7-14(11-16)12-20/h3-11,13,17H,1-2H3,(H2,21,22,24). The molecule has 2 unspecified atom stereocenters. The maximum Gasteiger partial charge on any atom is 0.319 e. The zero-order valence-electron chi connectivity index (χ0n) is 14.0. The number of anilines is 1. The number of nitriles is 1. The van der Waals surface area contributed by atoms with Crippen LogP contribution in [0.1, 0.15) is 24.1 Å². The van der Waals surface area contributed by atoms with Gasteiger partial charge in [-0.3, -0.25) is 4.79 Å². The fourth-order valence-electron chi connectivity index (χ4n) is 2.45. The van der Waals surface area contributed by atoms with Crippen LogP contribution in [0.4, 0.5) is 10.5 Å². The van der Waals surface area contributed by atoms with Gasteiger partial charge in [0.2, 0.25) is 0 Å². The SMILES string of the molecule is COC(=O)C(C)C(NC(=O)Nc1cccc(C#N)c1)c1ccccc1. The van der Waals surface area contributed by atoms with Gasteiger partial charge in [0.15, 0.2) is 0 Å². The predicted octanol–water partition coefficient (Wildman–Crippen LogP) is 3.23. The fraction of sp³-hybridized carbons (Fsp3) is 0.211. The van der Waals surface area contributed by atoms with Crippen LogP contribution in [-0.2, 0) is 9.53 Å². The third-order valence-electron chi connectivity index (χ3n) is 3.77. The van der Waals surface area contributed by atoms with Gasteiger partial charge < -0.3 is 15.4 Å². The Morgan fingerprint density at radius 2 is 1.84 bits per heavy atom. The number of nitrogens with zero attached hydrogens (tertiary/aromatic N) is 1. The molecule has 2 atom stereocenters. The van der Waals surface area contributed by atoms with E-state index in [1.54, 1.807) is 31.2 Å². The Balaban J connectivity index is 2.17. The van der Waals surface area contributed by atoms with Crippen molar-refractivity contribution in [1.29, 1.82) is 5.26 Å². The Morgan fingerprint density at radius 3 is 2.48 bits per heavy atom. The largest absolute Gasteiger partial charge is 0.469 e. The molecule has 2 N–H and O–H groups in total. The first-order valence-electron chi connectivity index (χ1n) is 7.75. The van der Waals surface area contributed by atoms with Crippen LogP contribution in [-0.4, -0.2) is 19.1 Å². The smallest absolute Gasteiger partial charge is 0.319 e. The molecule has 0 aliphatic heterocycles. The molecule has 0 spiro atoms. The van der Waals surface area contributed by atoms with Crippen molar-refractivity contribution in [2.45, 2.75) is 13.0 Å². The molecular weight excluding hydrogens is 318 g/mol. The summed E-state index contributed by atoms with van der Waals surface area (Å²) < 4.78 is 4.80. The third-order valence-corrected chi connectivity index (χ3v) is 3.77. The van der Waals surface area contributed by atoms with Crippen LogP contribution >= 0.6 is 0 Å². The lowest BCUT2D eigenvalue weighted by Gasteiger charge is -2.24. The van der Waals surface area contributed by atoms with Gasteiger partial charge in [-0.15, -0.1) is 0 Å². The van der Waals surface area contributed by atoms with Gasteiger partial charge in [-0.25, -0.2) is 4.79 Å². The molecule has 2 rings (SSSR count). The molecule has 0 bridgehead atoms. The molecule has 0 aliphatic carbocycles. The van der Waals surface area contributed by atoms with E-state index in [-0.39, 0.29) is 0 Å². The first kappa shape index (κ1) is 18.0. The zero-order chi connectivity index (χ0) is 18.2. The lowest BCUT2D eigenvalue weighted by Crippen LogP contribution is -2.38. The summed E-state index contributed by atoms with van der Waals surface area (Å²) >= 11 is 0. The molecule has 0 fully saturated rings. The molecule has 2 amide bonds. The number of urea groups is 1. The molecule has 0 saturated carbocycles. The van der Waals surface area contributed by atoms with E-state index in [9.17, 15) is 9.59 Å². The van der Waals surface area contributed by atoms with E-state index in [1.807, 2.05) is 36.4 Å². The highest BCUT2D eigenvalue weighted by Crippen LogP contribution is 2.23. The van der Waals surface area contributed by atoms with Crippen LogP contribution in [0.2, 0.25) is 0 Å².